The summed E-state index contributed by atoms with van der Waals surface area (Å²) in [6.45, 7) is 2.10. The minimum absolute atomic E-state index is 0.0176. The summed E-state index contributed by atoms with van der Waals surface area (Å²) in [5.41, 5.74) is 0. The number of rotatable bonds is 12. The summed E-state index contributed by atoms with van der Waals surface area (Å²) in [6.07, 6.45) is 22.0. The maximum Gasteiger partial charge on any atom is 0.303 e. The number of aliphatic hydroxyl groups is 1. The molecule has 0 aliphatic heterocycles. The van der Waals surface area contributed by atoms with Crippen LogP contribution in [0.2, 0.25) is 0 Å². The zero-order chi connectivity index (χ0) is 19.2. The molecular formula is C22H30O4. The van der Waals surface area contributed by atoms with Crippen molar-refractivity contribution >= 4 is 11.8 Å². The monoisotopic (exact) mass is 358 g/mol. The maximum absolute atomic E-state index is 12.0. The van der Waals surface area contributed by atoms with E-state index >= 15 is 0 Å². The van der Waals surface area contributed by atoms with Crippen LogP contribution in [0.3, 0.4) is 0 Å². The van der Waals surface area contributed by atoms with E-state index in [4.69, 9.17) is 5.11 Å². The van der Waals surface area contributed by atoms with Crippen LogP contribution in [0.5, 0.6) is 0 Å². The molecule has 0 bridgehead atoms. The van der Waals surface area contributed by atoms with Crippen molar-refractivity contribution in [3.05, 3.63) is 60.8 Å². The Kier molecular flexibility index (Phi) is 11.0. The highest BCUT2D eigenvalue weighted by Gasteiger charge is 2.27. The number of allylic oxidation sites excluding steroid dienone is 8. The Morgan fingerprint density at radius 3 is 2.69 bits per heavy atom. The Morgan fingerprint density at radius 1 is 1.19 bits per heavy atom. The number of aliphatic hydroxyl groups excluding tert-OH is 1. The minimum atomic E-state index is -0.825. The van der Waals surface area contributed by atoms with Gasteiger partial charge in [0.25, 0.3) is 0 Å². The summed E-state index contributed by atoms with van der Waals surface area (Å²) in [5, 5.41) is 18.5. The average Bonchev–Trinajstić information content (AvgIpc) is 2.95. The predicted octanol–water partition coefficient (Wildman–Crippen LogP) is 4.39. The summed E-state index contributed by atoms with van der Waals surface area (Å²) < 4.78 is 0. The van der Waals surface area contributed by atoms with E-state index in [-0.39, 0.29) is 24.0 Å². The fraction of sp³-hybridized carbons (Fsp3) is 0.455. The van der Waals surface area contributed by atoms with Gasteiger partial charge in [0, 0.05) is 18.3 Å². The Labute approximate surface area is 156 Å². The van der Waals surface area contributed by atoms with Crippen LogP contribution >= 0.6 is 0 Å². The van der Waals surface area contributed by atoms with Crippen molar-refractivity contribution in [3.8, 4) is 0 Å². The fourth-order valence-electron chi connectivity index (χ4n) is 2.70. The van der Waals surface area contributed by atoms with E-state index < -0.39 is 12.1 Å². The second-order valence-corrected chi connectivity index (χ2v) is 6.36. The van der Waals surface area contributed by atoms with Crippen molar-refractivity contribution in [3.63, 3.8) is 0 Å². The molecule has 1 aliphatic rings. The summed E-state index contributed by atoms with van der Waals surface area (Å²) in [6, 6.07) is 0. The van der Waals surface area contributed by atoms with Gasteiger partial charge in [-0.3, -0.25) is 9.59 Å². The molecule has 0 aromatic heterocycles. The number of carbonyl (C=O) groups is 2. The number of hydrogen-bond donors (Lipinski definition) is 2. The van der Waals surface area contributed by atoms with E-state index in [1.165, 1.54) is 0 Å². The van der Waals surface area contributed by atoms with Gasteiger partial charge in [0.2, 0.25) is 0 Å². The van der Waals surface area contributed by atoms with Crippen molar-refractivity contribution in [1.82, 2.24) is 0 Å². The molecule has 0 heterocycles. The molecular weight excluding hydrogens is 328 g/mol. The Balaban J connectivity index is 2.41. The lowest BCUT2D eigenvalue weighted by atomic mass is 9.90. The third-order valence-corrected chi connectivity index (χ3v) is 4.17. The van der Waals surface area contributed by atoms with Crippen molar-refractivity contribution in [2.24, 2.45) is 11.8 Å². The molecule has 0 saturated carbocycles. The fourth-order valence-corrected chi connectivity index (χ4v) is 2.70. The molecule has 4 nitrogen and oxygen atoms in total. The van der Waals surface area contributed by atoms with Gasteiger partial charge in [0.15, 0.2) is 5.78 Å². The molecule has 1 rings (SSSR count). The number of ketones is 1. The number of carboxylic acids is 1. The van der Waals surface area contributed by atoms with Gasteiger partial charge in [-0.25, -0.2) is 0 Å². The van der Waals surface area contributed by atoms with Crippen LogP contribution in [0.4, 0.5) is 0 Å². The number of hydrogen-bond acceptors (Lipinski definition) is 3. The van der Waals surface area contributed by atoms with Gasteiger partial charge >= 0.3 is 5.97 Å². The molecule has 4 heteroatoms. The SMILES string of the molecule is CC/C=C\C/C=C\C[C@H]1C(=O)C=C[C@H]1/C=C/[C@H](O)C/C=C\CCC(=O)O. The molecule has 1 aliphatic carbocycles. The smallest absolute Gasteiger partial charge is 0.303 e. The molecule has 3 atom stereocenters. The van der Waals surface area contributed by atoms with Crippen LogP contribution in [0.25, 0.3) is 0 Å². The highest BCUT2D eigenvalue weighted by molar-refractivity contribution is 5.95. The van der Waals surface area contributed by atoms with Gasteiger partial charge in [0.1, 0.15) is 0 Å². The van der Waals surface area contributed by atoms with E-state index in [0.717, 1.165) is 12.8 Å². The molecule has 0 amide bonds. The van der Waals surface area contributed by atoms with Gasteiger partial charge in [0.05, 0.1) is 6.10 Å². The van der Waals surface area contributed by atoms with Crippen molar-refractivity contribution in [2.75, 3.05) is 0 Å². The first-order valence-corrected chi connectivity index (χ1v) is 9.29. The molecule has 2 N–H and O–H groups in total. The second-order valence-electron chi connectivity index (χ2n) is 6.36. The molecule has 142 valence electrons. The first kappa shape index (κ1) is 21.8. The van der Waals surface area contributed by atoms with Gasteiger partial charge < -0.3 is 10.2 Å². The van der Waals surface area contributed by atoms with Gasteiger partial charge in [-0.05, 0) is 38.2 Å². The molecule has 0 saturated heterocycles. The molecule has 0 unspecified atom stereocenters. The van der Waals surface area contributed by atoms with E-state index in [1.807, 2.05) is 12.2 Å². The molecule has 0 spiro atoms. The Bertz CT molecular complexity index is 581. The van der Waals surface area contributed by atoms with E-state index in [0.29, 0.717) is 19.3 Å². The normalized spacial score (nSPS) is 21.8. The van der Waals surface area contributed by atoms with Crippen LogP contribution in [-0.2, 0) is 9.59 Å². The first-order chi connectivity index (χ1) is 12.5. The summed E-state index contributed by atoms with van der Waals surface area (Å²) >= 11 is 0. The standard InChI is InChI=1S/C22H30O4/c1-2-3-4-5-6-9-12-20-18(15-17-21(20)24)14-16-19(23)11-8-7-10-13-22(25)26/h3-4,6-9,14-20,23H,2,5,10-13H2,1H3,(H,25,26)/b4-3-,8-7-,9-6-,16-14+/t18-,19-,20-/m1/s1. The quantitative estimate of drug-likeness (QED) is 0.507. The average molecular weight is 358 g/mol. The highest BCUT2D eigenvalue weighted by atomic mass is 16.4. The largest absolute Gasteiger partial charge is 0.481 e. The van der Waals surface area contributed by atoms with Crippen LogP contribution in [0.1, 0.15) is 45.4 Å². The third-order valence-electron chi connectivity index (χ3n) is 4.17. The minimum Gasteiger partial charge on any atom is -0.481 e. The van der Waals surface area contributed by atoms with E-state index in [1.54, 1.807) is 24.3 Å². The van der Waals surface area contributed by atoms with Crippen LogP contribution < -0.4 is 0 Å². The van der Waals surface area contributed by atoms with Gasteiger partial charge in [-0.2, -0.15) is 0 Å². The van der Waals surface area contributed by atoms with Gasteiger partial charge in [-0.15, -0.1) is 0 Å². The van der Waals surface area contributed by atoms with Crippen LogP contribution in [0.15, 0.2) is 60.8 Å². The topological polar surface area (TPSA) is 74.6 Å². The Morgan fingerprint density at radius 2 is 1.96 bits per heavy atom. The lowest BCUT2D eigenvalue weighted by molar-refractivity contribution is -0.136. The van der Waals surface area contributed by atoms with Crippen molar-refractivity contribution in [2.45, 2.75) is 51.6 Å². The number of carbonyl (C=O) groups excluding carboxylic acids is 1. The van der Waals surface area contributed by atoms with Crippen molar-refractivity contribution < 1.29 is 19.8 Å². The third kappa shape index (κ3) is 9.33. The molecule has 0 fully saturated rings. The summed E-state index contributed by atoms with van der Waals surface area (Å²) in [5.74, 6) is -0.759. The van der Waals surface area contributed by atoms with Crippen LogP contribution in [0, 0.1) is 11.8 Å². The second kappa shape index (κ2) is 13.1. The van der Waals surface area contributed by atoms with Gasteiger partial charge in [-0.1, -0.05) is 61.6 Å². The van der Waals surface area contributed by atoms with Crippen molar-refractivity contribution in [1.29, 1.82) is 0 Å². The molecule has 26 heavy (non-hydrogen) atoms. The molecule has 0 aromatic carbocycles. The molecule has 0 radical (unpaired) electrons. The summed E-state index contributed by atoms with van der Waals surface area (Å²) in [4.78, 5) is 22.4. The molecule has 0 aromatic rings. The Hall–Kier alpha value is -2.20. The van der Waals surface area contributed by atoms with E-state index in [9.17, 15) is 14.7 Å². The van der Waals surface area contributed by atoms with E-state index in [2.05, 4.69) is 31.2 Å². The lowest BCUT2D eigenvalue weighted by Crippen LogP contribution is -2.14. The number of aliphatic carboxylic acids is 1. The lowest BCUT2D eigenvalue weighted by Gasteiger charge is -2.13. The summed E-state index contributed by atoms with van der Waals surface area (Å²) in [7, 11) is 0. The predicted molar refractivity (Wildman–Crippen MR) is 105 cm³/mol. The number of carboxylic acid groups (broad SMARTS) is 1. The highest BCUT2D eigenvalue weighted by Crippen LogP contribution is 2.27. The zero-order valence-corrected chi connectivity index (χ0v) is 15.5. The zero-order valence-electron chi connectivity index (χ0n) is 15.5. The first-order valence-electron chi connectivity index (χ1n) is 9.29. The maximum atomic E-state index is 12.0. The van der Waals surface area contributed by atoms with Crippen LogP contribution in [-0.4, -0.2) is 28.1 Å².